The van der Waals surface area contributed by atoms with Crippen molar-refractivity contribution in [3.63, 3.8) is 0 Å². The van der Waals surface area contributed by atoms with Gasteiger partial charge in [0.25, 0.3) is 0 Å². The summed E-state index contributed by atoms with van der Waals surface area (Å²) in [6, 6.07) is 25.8. The van der Waals surface area contributed by atoms with Crippen molar-refractivity contribution in [2.24, 2.45) is 10.9 Å². The van der Waals surface area contributed by atoms with Crippen molar-refractivity contribution >= 4 is 6.08 Å². The number of aliphatic hydroxyl groups is 2. The van der Waals surface area contributed by atoms with Gasteiger partial charge in [-0.1, -0.05) is 74.2 Å². The normalized spacial score (nSPS) is 22.4. The zero-order chi connectivity index (χ0) is 49.3. The smallest absolute Gasteiger partial charge is 0.161 e. The van der Waals surface area contributed by atoms with Gasteiger partial charge < -0.3 is 44.7 Å². The Labute approximate surface area is 417 Å². The van der Waals surface area contributed by atoms with Crippen LogP contribution in [0, 0.1) is 17.8 Å². The number of aliphatic hydroxyl groups excluding tert-OH is 1. The molecule has 0 aromatic heterocycles. The lowest BCUT2D eigenvalue weighted by Crippen LogP contribution is -2.62. The molecule has 5 aliphatic rings. The number of aryl methyl sites for hydroxylation is 2. The summed E-state index contributed by atoms with van der Waals surface area (Å²) in [6.45, 7) is 7.77. The first kappa shape index (κ1) is 48.7. The Bertz CT molecular complexity index is 2960. The second-order valence-corrected chi connectivity index (χ2v) is 20.8. The van der Waals surface area contributed by atoms with Crippen LogP contribution in [-0.2, 0) is 43.3 Å². The number of nitrogens with one attached hydrogen (secondary N) is 3. The minimum absolute atomic E-state index is 0.0275. The average molecular weight is 961 g/mol. The van der Waals surface area contributed by atoms with Crippen molar-refractivity contribution < 1.29 is 39.4 Å². The van der Waals surface area contributed by atoms with Gasteiger partial charge in [0.2, 0.25) is 0 Å². The summed E-state index contributed by atoms with van der Waals surface area (Å²) in [4.78, 5) is 4.65. The van der Waals surface area contributed by atoms with Crippen molar-refractivity contribution in [2.75, 3.05) is 46.8 Å². The number of nitrogens with zero attached hydrogens (tertiary/aromatic N) is 1. The molecule has 2 bridgehead atoms. The molecule has 5 aromatic carbocycles. The number of phenols is 2. The van der Waals surface area contributed by atoms with Crippen LogP contribution < -0.4 is 40.7 Å². The minimum atomic E-state index is -1.20. The monoisotopic (exact) mass is 961 g/mol. The van der Waals surface area contributed by atoms with Gasteiger partial charge in [0.15, 0.2) is 17.6 Å². The van der Waals surface area contributed by atoms with E-state index in [-0.39, 0.29) is 37.4 Å². The summed E-state index contributed by atoms with van der Waals surface area (Å²) in [5.74, 6) is 9.45. The van der Waals surface area contributed by atoms with Crippen LogP contribution in [0.2, 0.25) is 0 Å². The Morgan fingerprint density at radius 3 is 2.63 bits per heavy atom. The first-order valence-corrected chi connectivity index (χ1v) is 25.5. The van der Waals surface area contributed by atoms with E-state index in [4.69, 9.17) is 18.9 Å². The molecule has 0 unspecified atom stereocenters. The molecule has 0 fully saturated rings. The van der Waals surface area contributed by atoms with Crippen molar-refractivity contribution in [2.45, 2.75) is 114 Å². The van der Waals surface area contributed by atoms with Gasteiger partial charge in [-0.25, -0.2) is 0 Å². The molecule has 71 heavy (non-hydrogen) atoms. The van der Waals surface area contributed by atoms with Crippen LogP contribution in [0.5, 0.6) is 28.7 Å². The molecule has 4 heterocycles. The number of hydrogen-bond acceptors (Lipinski definition) is 12. The lowest BCUT2D eigenvalue weighted by atomic mass is 9.69. The van der Waals surface area contributed by atoms with Gasteiger partial charge in [0.05, 0.1) is 37.4 Å². The van der Waals surface area contributed by atoms with E-state index in [1.807, 2.05) is 56.4 Å². The molecule has 12 nitrogen and oxygen atoms in total. The Hall–Kier alpha value is -5.91. The fourth-order valence-corrected chi connectivity index (χ4v) is 11.8. The zero-order valence-electron chi connectivity index (χ0n) is 41.4. The van der Waals surface area contributed by atoms with Crippen LogP contribution in [0.3, 0.4) is 0 Å². The van der Waals surface area contributed by atoms with Gasteiger partial charge in [-0.3, -0.25) is 15.6 Å². The first-order chi connectivity index (χ1) is 34.4. The average Bonchev–Trinajstić information content (AvgIpc) is 3.83. The molecule has 12 heteroatoms. The number of phenolic OH excluding ortho intramolecular Hbond substituents is 2. The van der Waals surface area contributed by atoms with Crippen molar-refractivity contribution in [3.05, 3.63) is 134 Å². The Balaban J connectivity index is 1.16. The molecular formula is C59H68N4O8. The van der Waals surface area contributed by atoms with Gasteiger partial charge in [-0.15, -0.1) is 0 Å². The van der Waals surface area contributed by atoms with Crippen molar-refractivity contribution in [1.82, 2.24) is 16.0 Å². The first-order valence-electron chi connectivity index (χ1n) is 25.5. The fourth-order valence-electron chi connectivity index (χ4n) is 11.8. The van der Waals surface area contributed by atoms with Crippen LogP contribution in [0.4, 0.5) is 0 Å². The molecule has 0 saturated heterocycles. The highest BCUT2D eigenvalue weighted by Gasteiger charge is 2.55. The van der Waals surface area contributed by atoms with Crippen LogP contribution in [-0.4, -0.2) is 90.5 Å². The Morgan fingerprint density at radius 2 is 1.82 bits per heavy atom. The van der Waals surface area contributed by atoms with Gasteiger partial charge in [-0.05, 0) is 151 Å². The number of benzene rings is 5. The van der Waals surface area contributed by atoms with E-state index >= 15 is 0 Å². The molecule has 0 amide bonds. The Kier molecular flexibility index (Phi) is 14.2. The van der Waals surface area contributed by atoms with E-state index < -0.39 is 29.5 Å². The highest BCUT2D eigenvalue weighted by Crippen LogP contribution is 2.58. The molecule has 0 spiro atoms. The molecule has 1 aliphatic carbocycles. The molecule has 0 saturated carbocycles. The lowest BCUT2D eigenvalue weighted by molar-refractivity contribution is -0.141. The second kappa shape index (κ2) is 20.7. The van der Waals surface area contributed by atoms with E-state index in [9.17, 15) is 20.4 Å². The largest absolute Gasteiger partial charge is 0.508 e. The standard InChI is InChI=1S/C59H68N4O8/c1-36(2)30-58(3,67)33-61-34-63-52-12-8-9-23-68-51-28-42(26-40(54(51)66)15-13-37-10-6-5-7-11-37)57-59(52,69-35-60-4)31-49-48-27-41(25-38-14-20-50-39(24-38)21-22-62-50)47-29-43(65)16-18-45(47)53(48)56-46(55(49)71-57)19-17-44(32-64)70-56/h5-7,10-11,14,16,18,20-21,24,26,28-29,36,41,44,52,57,60-61,63-67H,9,13,15,17,19,22-23,25,27,30-35H2,1-4H3/t41-,44+,52-,57+,58-,59-/m0/s1. The fraction of sp³-hybridized carbons (Fsp3) is 0.441. The minimum Gasteiger partial charge on any atom is -0.508 e. The SMILES string of the molecule is CNCO[C@]12Cc3c4c(c5c(c3O[C@@H]1c1cc(CCc3ccccc3)c(O)c(c1)OCCC#C[C@@H]2NCNC[C@@](C)(O)CC(C)C)CC[C@H](CO)O5)-c1ccc(O)cc1[C@@H](Cc1ccc2c(c1)=CCN=2)C4. The third-order valence-electron chi connectivity index (χ3n) is 14.9. The molecule has 0 radical (unpaired) electrons. The highest BCUT2D eigenvalue weighted by atomic mass is 16.6. The molecule has 10 rings (SSSR count). The number of ether oxygens (including phenoxy) is 4. The van der Waals surface area contributed by atoms with Crippen molar-refractivity contribution in [1.29, 1.82) is 0 Å². The van der Waals surface area contributed by atoms with E-state index in [2.05, 4.69) is 83.0 Å². The van der Waals surface area contributed by atoms with Gasteiger partial charge in [0, 0.05) is 42.7 Å². The lowest BCUT2D eigenvalue weighted by Gasteiger charge is -2.49. The van der Waals surface area contributed by atoms with E-state index in [0.29, 0.717) is 88.5 Å². The predicted octanol–water partition coefficient (Wildman–Crippen LogP) is 6.23. The third-order valence-corrected chi connectivity index (χ3v) is 14.9. The van der Waals surface area contributed by atoms with Crippen LogP contribution in [0.25, 0.3) is 17.2 Å². The Morgan fingerprint density at radius 1 is 0.958 bits per heavy atom. The van der Waals surface area contributed by atoms with Crippen LogP contribution >= 0.6 is 0 Å². The molecule has 7 N–H and O–H groups in total. The number of fused-ring (bicyclic) bond motifs is 13. The molecule has 372 valence electrons. The van der Waals surface area contributed by atoms with E-state index in [1.165, 1.54) is 5.56 Å². The maximum Gasteiger partial charge on any atom is 0.161 e. The molecular weight excluding hydrogens is 893 g/mol. The summed E-state index contributed by atoms with van der Waals surface area (Å²) < 4.78 is 28.4. The molecule has 6 atom stereocenters. The van der Waals surface area contributed by atoms with Crippen LogP contribution in [0.1, 0.15) is 96.6 Å². The molecule has 4 aliphatic heterocycles. The van der Waals surface area contributed by atoms with E-state index in [0.717, 1.165) is 72.8 Å². The molecule has 5 aromatic rings. The van der Waals surface area contributed by atoms with Gasteiger partial charge in [-0.2, -0.15) is 0 Å². The summed E-state index contributed by atoms with van der Waals surface area (Å²) in [6.07, 6.45) is 6.20. The van der Waals surface area contributed by atoms with Crippen LogP contribution in [0.15, 0.2) is 83.9 Å². The third kappa shape index (κ3) is 10.0. The quantitative estimate of drug-likeness (QED) is 0.0341. The maximum atomic E-state index is 11.9. The number of aromatic hydroxyl groups is 2. The highest BCUT2D eigenvalue weighted by molar-refractivity contribution is 5.85. The van der Waals surface area contributed by atoms with E-state index in [1.54, 1.807) is 6.07 Å². The topological polar surface area (TPSA) is 166 Å². The predicted molar refractivity (Wildman–Crippen MR) is 275 cm³/mol. The zero-order valence-corrected chi connectivity index (χ0v) is 41.4. The van der Waals surface area contributed by atoms with Gasteiger partial charge >= 0.3 is 0 Å². The number of rotatable bonds is 16. The summed E-state index contributed by atoms with van der Waals surface area (Å²) in [5.41, 5.74) is 7.74. The summed E-state index contributed by atoms with van der Waals surface area (Å²) >= 11 is 0. The summed E-state index contributed by atoms with van der Waals surface area (Å²) in [7, 11) is 1.87. The second-order valence-electron chi connectivity index (χ2n) is 20.8. The summed E-state index contributed by atoms with van der Waals surface area (Å²) in [5, 5.41) is 57.7. The van der Waals surface area contributed by atoms with Crippen molar-refractivity contribution in [3.8, 4) is 51.7 Å². The maximum absolute atomic E-state index is 11.9. The number of hydrogen-bond donors (Lipinski definition) is 7. The van der Waals surface area contributed by atoms with Gasteiger partial charge in [0.1, 0.15) is 35.0 Å².